The fraction of sp³-hybridized carbons (Fsp3) is 0.250. The number of ether oxygens (including phenoxy) is 2. The molecule has 2 N–H and O–H groups in total. The van der Waals surface area contributed by atoms with Crippen LogP contribution in [0.3, 0.4) is 0 Å². The number of nitrogens with one attached hydrogen (secondary N) is 2. The second kappa shape index (κ2) is 9.15. The van der Waals surface area contributed by atoms with Crippen molar-refractivity contribution in [3.8, 4) is 5.75 Å². The van der Waals surface area contributed by atoms with Crippen molar-refractivity contribution < 1.29 is 23.9 Å². The van der Waals surface area contributed by atoms with E-state index in [2.05, 4.69) is 15.7 Å². The number of esters is 1. The number of anilines is 1. The van der Waals surface area contributed by atoms with E-state index in [0.717, 1.165) is 5.56 Å². The van der Waals surface area contributed by atoms with Crippen LogP contribution < -0.4 is 15.4 Å². The van der Waals surface area contributed by atoms with Crippen LogP contribution in [0.2, 0.25) is 0 Å². The van der Waals surface area contributed by atoms with Gasteiger partial charge in [0.2, 0.25) is 0 Å². The maximum atomic E-state index is 12.7. The van der Waals surface area contributed by atoms with Gasteiger partial charge < -0.3 is 20.1 Å². The molecule has 1 aromatic heterocycles. The molecule has 0 saturated heterocycles. The molecule has 2 aromatic carbocycles. The van der Waals surface area contributed by atoms with Crippen molar-refractivity contribution in [2.24, 2.45) is 7.05 Å². The number of rotatable bonds is 6. The standard InChI is InChI=1S/C24H24N4O5/c1-14-8-19(28(2)27-14)22(29)26-18-10-15(9-17(11-18)24(31)32-3)13-25-23(30)21-12-16-6-4-5-7-20(16)33-21/h4-11,21H,12-13H2,1-3H3,(H,25,30)(H,26,29). The molecule has 2 heterocycles. The van der Waals surface area contributed by atoms with Crippen LogP contribution >= 0.6 is 0 Å². The molecule has 1 aliphatic heterocycles. The normalized spacial score (nSPS) is 14.2. The van der Waals surface area contributed by atoms with Crippen molar-refractivity contribution in [2.75, 3.05) is 12.4 Å². The summed E-state index contributed by atoms with van der Waals surface area (Å²) >= 11 is 0. The Morgan fingerprint density at radius 3 is 2.67 bits per heavy atom. The zero-order valence-corrected chi connectivity index (χ0v) is 18.5. The summed E-state index contributed by atoms with van der Waals surface area (Å²) in [5.41, 5.74) is 3.36. The number of hydrogen-bond donors (Lipinski definition) is 2. The predicted octanol–water partition coefficient (Wildman–Crippen LogP) is 2.39. The van der Waals surface area contributed by atoms with E-state index >= 15 is 0 Å². The summed E-state index contributed by atoms with van der Waals surface area (Å²) in [4.78, 5) is 37.5. The van der Waals surface area contributed by atoms with Gasteiger partial charge in [-0.25, -0.2) is 4.79 Å². The summed E-state index contributed by atoms with van der Waals surface area (Å²) in [5, 5.41) is 9.80. The first-order valence-electron chi connectivity index (χ1n) is 10.4. The Kier molecular flexibility index (Phi) is 6.12. The molecule has 0 radical (unpaired) electrons. The van der Waals surface area contributed by atoms with Crippen molar-refractivity contribution >= 4 is 23.5 Å². The molecule has 4 rings (SSSR count). The molecule has 0 aliphatic carbocycles. The summed E-state index contributed by atoms with van der Waals surface area (Å²) < 4.78 is 12.0. The van der Waals surface area contributed by atoms with E-state index in [1.807, 2.05) is 24.3 Å². The van der Waals surface area contributed by atoms with E-state index in [-0.39, 0.29) is 23.9 Å². The highest BCUT2D eigenvalue weighted by Crippen LogP contribution is 2.28. The topological polar surface area (TPSA) is 112 Å². The van der Waals surface area contributed by atoms with E-state index in [1.54, 1.807) is 32.2 Å². The highest BCUT2D eigenvalue weighted by atomic mass is 16.5. The van der Waals surface area contributed by atoms with Crippen LogP contribution in [0.4, 0.5) is 5.69 Å². The zero-order valence-electron chi connectivity index (χ0n) is 18.5. The quantitative estimate of drug-likeness (QED) is 0.560. The average Bonchev–Trinajstić information content (AvgIpc) is 3.39. The molecule has 1 aliphatic rings. The number of hydrogen-bond acceptors (Lipinski definition) is 6. The Balaban J connectivity index is 1.48. The molecule has 2 amide bonds. The van der Waals surface area contributed by atoms with Crippen LogP contribution in [0, 0.1) is 6.92 Å². The third-order valence-electron chi connectivity index (χ3n) is 5.31. The number of aromatic nitrogens is 2. The molecule has 0 fully saturated rings. The lowest BCUT2D eigenvalue weighted by Crippen LogP contribution is -2.37. The fourth-order valence-corrected chi connectivity index (χ4v) is 3.75. The smallest absolute Gasteiger partial charge is 0.337 e. The summed E-state index contributed by atoms with van der Waals surface area (Å²) in [6.07, 6.45) is -0.117. The van der Waals surface area contributed by atoms with Gasteiger partial charge in [-0.05, 0) is 48.4 Å². The zero-order chi connectivity index (χ0) is 23.5. The van der Waals surface area contributed by atoms with Crippen LogP contribution in [-0.2, 0) is 29.5 Å². The molecule has 0 saturated carbocycles. The van der Waals surface area contributed by atoms with Crippen molar-refractivity contribution in [2.45, 2.75) is 26.0 Å². The first kappa shape index (κ1) is 22.1. The van der Waals surface area contributed by atoms with Crippen LogP contribution in [-0.4, -0.2) is 40.8 Å². The van der Waals surface area contributed by atoms with Crippen LogP contribution in [0.1, 0.15) is 37.7 Å². The second-order valence-electron chi connectivity index (χ2n) is 7.80. The lowest BCUT2D eigenvalue weighted by molar-refractivity contribution is -0.127. The van der Waals surface area contributed by atoms with E-state index in [4.69, 9.17) is 9.47 Å². The number of amides is 2. The molecule has 9 heteroatoms. The highest BCUT2D eigenvalue weighted by molar-refractivity contribution is 6.04. The van der Waals surface area contributed by atoms with Gasteiger partial charge in [0.1, 0.15) is 11.4 Å². The molecular weight excluding hydrogens is 424 g/mol. The molecular formula is C24H24N4O5. The molecule has 3 aromatic rings. The summed E-state index contributed by atoms with van der Waals surface area (Å²) in [7, 11) is 2.96. The summed E-state index contributed by atoms with van der Waals surface area (Å²) in [6, 6.07) is 14.0. The van der Waals surface area contributed by atoms with Gasteiger partial charge in [0.05, 0.1) is 18.4 Å². The number of carbonyl (C=O) groups is 3. The number of benzene rings is 2. The van der Waals surface area contributed by atoms with Crippen LogP contribution in [0.25, 0.3) is 0 Å². The minimum atomic E-state index is -0.613. The Morgan fingerprint density at radius 2 is 1.97 bits per heavy atom. The first-order valence-corrected chi connectivity index (χ1v) is 10.4. The third-order valence-corrected chi connectivity index (χ3v) is 5.31. The van der Waals surface area contributed by atoms with Crippen molar-refractivity contribution in [1.82, 2.24) is 15.1 Å². The Bertz CT molecular complexity index is 1210. The Hall–Kier alpha value is -4.14. The van der Waals surface area contributed by atoms with Gasteiger partial charge in [0, 0.05) is 25.7 Å². The van der Waals surface area contributed by atoms with E-state index in [1.165, 1.54) is 17.9 Å². The van der Waals surface area contributed by atoms with Crippen LogP contribution in [0.5, 0.6) is 5.75 Å². The van der Waals surface area contributed by atoms with Crippen LogP contribution in [0.15, 0.2) is 48.5 Å². The Labute approximate surface area is 190 Å². The minimum Gasteiger partial charge on any atom is -0.480 e. The molecule has 1 unspecified atom stereocenters. The lowest BCUT2D eigenvalue weighted by atomic mass is 10.1. The fourth-order valence-electron chi connectivity index (χ4n) is 3.75. The first-order chi connectivity index (χ1) is 15.8. The minimum absolute atomic E-state index is 0.146. The van der Waals surface area contributed by atoms with Gasteiger partial charge in [0.15, 0.2) is 6.10 Å². The van der Waals surface area contributed by atoms with E-state index in [0.29, 0.717) is 34.8 Å². The van der Waals surface area contributed by atoms with Gasteiger partial charge >= 0.3 is 5.97 Å². The maximum Gasteiger partial charge on any atom is 0.337 e. The summed E-state index contributed by atoms with van der Waals surface area (Å²) in [5.74, 6) is -0.469. The van der Waals surface area contributed by atoms with Crippen molar-refractivity contribution in [3.63, 3.8) is 0 Å². The van der Waals surface area contributed by atoms with Gasteiger partial charge in [-0.1, -0.05) is 18.2 Å². The molecule has 1 atom stereocenters. The summed E-state index contributed by atoms with van der Waals surface area (Å²) in [6.45, 7) is 1.94. The number of nitrogens with zero attached hydrogens (tertiary/aromatic N) is 2. The van der Waals surface area contributed by atoms with Crippen molar-refractivity contribution in [3.05, 3.63) is 76.6 Å². The molecule has 9 nitrogen and oxygen atoms in total. The third kappa shape index (κ3) is 4.87. The number of fused-ring (bicyclic) bond motifs is 1. The number of para-hydroxylation sites is 1. The molecule has 33 heavy (non-hydrogen) atoms. The average molecular weight is 448 g/mol. The highest BCUT2D eigenvalue weighted by Gasteiger charge is 2.28. The van der Waals surface area contributed by atoms with Gasteiger partial charge in [-0.15, -0.1) is 0 Å². The second-order valence-corrected chi connectivity index (χ2v) is 7.80. The SMILES string of the molecule is COC(=O)c1cc(CNC(=O)C2Cc3ccccc3O2)cc(NC(=O)c2cc(C)nn2C)c1. The maximum absolute atomic E-state index is 12.7. The molecule has 0 spiro atoms. The van der Waals surface area contributed by atoms with Gasteiger partial charge in [0.25, 0.3) is 11.8 Å². The predicted molar refractivity (Wildman–Crippen MR) is 120 cm³/mol. The van der Waals surface area contributed by atoms with Gasteiger partial charge in [-0.2, -0.15) is 5.10 Å². The molecule has 170 valence electrons. The Morgan fingerprint density at radius 1 is 1.18 bits per heavy atom. The monoisotopic (exact) mass is 448 g/mol. The van der Waals surface area contributed by atoms with E-state index in [9.17, 15) is 14.4 Å². The number of aryl methyl sites for hydroxylation is 2. The lowest BCUT2D eigenvalue weighted by Gasteiger charge is -2.13. The number of methoxy groups -OCH3 is 1. The number of carbonyl (C=O) groups excluding carboxylic acids is 3. The van der Waals surface area contributed by atoms with E-state index < -0.39 is 12.1 Å². The largest absolute Gasteiger partial charge is 0.480 e. The van der Waals surface area contributed by atoms with Gasteiger partial charge in [-0.3, -0.25) is 14.3 Å². The molecule has 0 bridgehead atoms. The van der Waals surface area contributed by atoms with Crippen molar-refractivity contribution in [1.29, 1.82) is 0 Å².